The van der Waals surface area contributed by atoms with Crippen LogP contribution in [0.4, 0.5) is 14.7 Å². The number of aromatic nitrogens is 5. The van der Waals surface area contributed by atoms with Gasteiger partial charge in [0.25, 0.3) is 0 Å². The Bertz CT molecular complexity index is 1250. The van der Waals surface area contributed by atoms with Gasteiger partial charge in [-0.3, -0.25) is 10.1 Å². The number of nitrogens with one attached hydrogen (secondary N) is 1. The first-order valence-electron chi connectivity index (χ1n) is 10.4. The molecule has 5 rings (SSSR count). The normalized spacial score (nSPS) is 18.3. The summed E-state index contributed by atoms with van der Waals surface area (Å²) in [7, 11) is 1.66. The van der Waals surface area contributed by atoms with Crippen LogP contribution in [0.1, 0.15) is 30.7 Å². The molecule has 4 aromatic rings. The SMILES string of the molecule is Cn1nnc(-c2ccc([C@@H](C(=O)Nc3cc(-c4ccco4)no3)[C@H]3CCC(F)(F)C3)cc2)n1. The lowest BCUT2D eigenvalue weighted by Gasteiger charge is -2.23. The van der Waals surface area contributed by atoms with E-state index in [0.29, 0.717) is 28.4 Å². The number of carbonyl (C=O) groups excluding carboxylic acids is 1. The lowest BCUT2D eigenvalue weighted by Crippen LogP contribution is -2.27. The summed E-state index contributed by atoms with van der Waals surface area (Å²) in [6.45, 7) is 0. The molecule has 1 aliphatic rings. The number of hydrogen-bond donors (Lipinski definition) is 1. The van der Waals surface area contributed by atoms with Crippen LogP contribution >= 0.6 is 0 Å². The molecule has 0 unspecified atom stereocenters. The third-order valence-electron chi connectivity index (χ3n) is 5.76. The van der Waals surface area contributed by atoms with Gasteiger partial charge < -0.3 is 8.94 Å². The van der Waals surface area contributed by atoms with Crippen molar-refractivity contribution in [1.29, 1.82) is 0 Å². The summed E-state index contributed by atoms with van der Waals surface area (Å²) >= 11 is 0. The molecule has 1 aromatic carbocycles. The number of amides is 1. The molecule has 0 spiro atoms. The van der Waals surface area contributed by atoms with Gasteiger partial charge in [0.2, 0.25) is 23.5 Å². The van der Waals surface area contributed by atoms with E-state index in [-0.39, 0.29) is 25.1 Å². The van der Waals surface area contributed by atoms with Gasteiger partial charge in [-0.15, -0.1) is 10.2 Å². The number of rotatable bonds is 6. The molecule has 3 heterocycles. The molecule has 0 bridgehead atoms. The zero-order valence-electron chi connectivity index (χ0n) is 17.6. The lowest BCUT2D eigenvalue weighted by atomic mass is 9.83. The molecule has 9 nitrogen and oxygen atoms in total. The number of aryl methyl sites for hydroxylation is 1. The maximum absolute atomic E-state index is 14.0. The Morgan fingerprint density at radius 2 is 2.09 bits per heavy atom. The molecule has 2 atom stereocenters. The number of benzene rings is 1. The van der Waals surface area contributed by atoms with Gasteiger partial charge in [0.05, 0.1) is 19.2 Å². The van der Waals surface area contributed by atoms with Crippen LogP contribution in [-0.2, 0) is 11.8 Å². The first-order valence-corrected chi connectivity index (χ1v) is 10.4. The van der Waals surface area contributed by atoms with E-state index in [1.165, 1.54) is 17.1 Å². The van der Waals surface area contributed by atoms with E-state index in [9.17, 15) is 13.6 Å². The predicted octanol–water partition coefficient (Wildman–Crippen LogP) is 4.28. The third kappa shape index (κ3) is 4.38. The van der Waals surface area contributed by atoms with Gasteiger partial charge in [0.15, 0.2) is 11.5 Å². The van der Waals surface area contributed by atoms with Gasteiger partial charge in [-0.2, -0.15) is 4.80 Å². The number of halogens is 2. The van der Waals surface area contributed by atoms with Crippen LogP contribution in [0.15, 0.2) is 57.7 Å². The maximum Gasteiger partial charge on any atom is 0.248 e. The standard InChI is InChI=1S/C22H20F2N6O3/c1-30-27-20(26-29-30)14-6-4-13(5-7-14)19(15-8-9-22(23,24)12-15)21(31)25-18-11-16(28-33-18)17-3-2-10-32-17/h2-7,10-11,15,19H,8-9,12H2,1H3,(H,25,31)/t15-,19+/m0/s1. The molecule has 1 amide bonds. The van der Waals surface area contributed by atoms with Crippen LogP contribution in [0.3, 0.4) is 0 Å². The summed E-state index contributed by atoms with van der Waals surface area (Å²) in [5.41, 5.74) is 1.75. The van der Waals surface area contributed by atoms with E-state index in [0.717, 1.165) is 0 Å². The summed E-state index contributed by atoms with van der Waals surface area (Å²) in [5.74, 6) is -3.51. The topological polar surface area (TPSA) is 112 Å². The monoisotopic (exact) mass is 454 g/mol. The molecular formula is C22H20F2N6O3. The largest absolute Gasteiger partial charge is 0.463 e. The number of hydrogen-bond acceptors (Lipinski definition) is 7. The molecule has 1 fully saturated rings. The van der Waals surface area contributed by atoms with Crippen LogP contribution in [0.5, 0.6) is 0 Å². The van der Waals surface area contributed by atoms with Crippen LogP contribution < -0.4 is 5.32 Å². The Labute approximate surface area is 186 Å². The fourth-order valence-electron chi connectivity index (χ4n) is 4.22. The Kier molecular flexibility index (Phi) is 5.23. The molecule has 0 radical (unpaired) electrons. The van der Waals surface area contributed by atoms with Crippen molar-refractivity contribution in [2.45, 2.75) is 31.1 Å². The summed E-state index contributed by atoms with van der Waals surface area (Å²) in [4.78, 5) is 14.6. The molecule has 0 aliphatic heterocycles. The summed E-state index contributed by atoms with van der Waals surface area (Å²) < 4.78 is 38.5. The Balaban J connectivity index is 1.40. The zero-order chi connectivity index (χ0) is 23.0. The van der Waals surface area contributed by atoms with Crippen molar-refractivity contribution in [3.05, 3.63) is 54.3 Å². The minimum atomic E-state index is -2.79. The van der Waals surface area contributed by atoms with Crippen LogP contribution in [-0.4, -0.2) is 37.2 Å². The highest BCUT2D eigenvalue weighted by Crippen LogP contribution is 2.46. The Morgan fingerprint density at radius 3 is 2.73 bits per heavy atom. The van der Waals surface area contributed by atoms with Crippen molar-refractivity contribution in [2.75, 3.05) is 5.32 Å². The smallest absolute Gasteiger partial charge is 0.248 e. The van der Waals surface area contributed by atoms with Gasteiger partial charge in [0.1, 0.15) is 0 Å². The van der Waals surface area contributed by atoms with Crippen molar-refractivity contribution < 1.29 is 22.5 Å². The average Bonchev–Trinajstić information content (AvgIpc) is 3.57. The number of furan rings is 1. The summed E-state index contributed by atoms with van der Waals surface area (Å²) in [6, 6.07) is 11.9. The fourth-order valence-corrected chi connectivity index (χ4v) is 4.22. The molecule has 1 aliphatic carbocycles. The van der Waals surface area contributed by atoms with E-state index in [1.807, 2.05) is 0 Å². The lowest BCUT2D eigenvalue weighted by molar-refractivity contribution is -0.119. The second-order valence-electron chi connectivity index (χ2n) is 8.10. The third-order valence-corrected chi connectivity index (χ3v) is 5.76. The van der Waals surface area contributed by atoms with Crippen molar-refractivity contribution in [1.82, 2.24) is 25.4 Å². The first-order chi connectivity index (χ1) is 15.9. The minimum Gasteiger partial charge on any atom is -0.463 e. The van der Waals surface area contributed by atoms with E-state index in [2.05, 4.69) is 25.9 Å². The van der Waals surface area contributed by atoms with E-state index < -0.39 is 23.7 Å². The Hall–Kier alpha value is -3.89. The second-order valence-corrected chi connectivity index (χ2v) is 8.10. The number of anilines is 1. The highest BCUT2D eigenvalue weighted by Gasteiger charge is 2.45. The number of carbonyl (C=O) groups is 1. The van der Waals surface area contributed by atoms with Crippen molar-refractivity contribution in [3.63, 3.8) is 0 Å². The van der Waals surface area contributed by atoms with Crippen LogP contribution in [0.25, 0.3) is 22.8 Å². The Morgan fingerprint density at radius 1 is 1.27 bits per heavy atom. The van der Waals surface area contributed by atoms with Gasteiger partial charge in [-0.25, -0.2) is 8.78 Å². The number of nitrogens with zero attached hydrogens (tertiary/aromatic N) is 5. The van der Waals surface area contributed by atoms with Gasteiger partial charge in [-0.1, -0.05) is 29.4 Å². The highest BCUT2D eigenvalue weighted by molar-refractivity contribution is 5.95. The van der Waals surface area contributed by atoms with Crippen molar-refractivity contribution in [3.8, 4) is 22.8 Å². The fraction of sp³-hybridized carbons (Fsp3) is 0.318. The van der Waals surface area contributed by atoms with E-state index >= 15 is 0 Å². The molecule has 33 heavy (non-hydrogen) atoms. The minimum absolute atomic E-state index is 0.113. The average molecular weight is 454 g/mol. The second kappa shape index (κ2) is 8.23. The molecule has 170 valence electrons. The first kappa shape index (κ1) is 21.0. The maximum atomic E-state index is 14.0. The quantitative estimate of drug-likeness (QED) is 0.463. The van der Waals surface area contributed by atoms with Crippen LogP contribution in [0.2, 0.25) is 0 Å². The number of tetrazole rings is 1. The van der Waals surface area contributed by atoms with E-state index in [4.69, 9.17) is 8.94 Å². The molecule has 1 saturated carbocycles. The van der Waals surface area contributed by atoms with Gasteiger partial charge in [-0.05, 0) is 35.2 Å². The molecular weight excluding hydrogens is 434 g/mol. The van der Waals surface area contributed by atoms with Crippen molar-refractivity contribution >= 4 is 11.8 Å². The van der Waals surface area contributed by atoms with Crippen LogP contribution in [0, 0.1) is 5.92 Å². The molecule has 0 saturated heterocycles. The van der Waals surface area contributed by atoms with E-state index in [1.54, 1.807) is 43.4 Å². The summed E-state index contributed by atoms with van der Waals surface area (Å²) in [5, 5.41) is 18.5. The van der Waals surface area contributed by atoms with Gasteiger partial charge >= 0.3 is 0 Å². The highest BCUT2D eigenvalue weighted by atomic mass is 19.3. The zero-order valence-corrected chi connectivity index (χ0v) is 17.6. The molecule has 11 heteroatoms. The molecule has 1 N–H and O–H groups in total. The summed E-state index contributed by atoms with van der Waals surface area (Å²) in [6.07, 6.45) is 1.14. The van der Waals surface area contributed by atoms with Gasteiger partial charge in [0, 0.05) is 24.5 Å². The molecule has 3 aromatic heterocycles. The predicted molar refractivity (Wildman–Crippen MR) is 112 cm³/mol. The van der Waals surface area contributed by atoms with Crippen molar-refractivity contribution in [2.24, 2.45) is 13.0 Å². The number of alkyl halides is 2.